The van der Waals surface area contributed by atoms with E-state index < -0.39 is 5.79 Å². The van der Waals surface area contributed by atoms with Gasteiger partial charge in [-0.25, -0.2) is 0 Å². The zero-order valence-corrected chi connectivity index (χ0v) is 12.9. The zero-order valence-electron chi connectivity index (χ0n) is 12.9. The number of hydrogen-bond acceptors (Lipinski definition) is 2. The molecule has 104 valence electrons. The van der Waals surface area contributed by atoms with Gasteiger partial charge in [-0.3, -0.25) is 0 Å². The van der Waals surface area contributed by atoms with E-state index in [1.165, 1.54) is 12.0 Å². The molecular weight excluding hydrogens is 224 g/mol. The molecule has 1 aromatic rings. The van der Waals surface area contributed by atoms with E-state index in [4.69, 9.17) is 9.47 Å². The zero-order chi connectivity index (χ0) is 14.2. The van der Waals surface area contributed by atoms with E-state index in [2.05, 4.69) is 51.1 Å². The largest absolute Gasteiger partial charge is 0.354 e. The molecule has 0 saturated heterocycles. The molecule has 0 atom stereocenters. The van der Waals surface area contributed by atoms with Crippen LogP contribution in [0, 0.1) is 0 Å². The molecule has 0 radical (unpaired) electrons. The Morgan fingerprint density at radius 2 is 1.33 bits per heavy atom. The molecular formula is C16H28O2. The lowest BCUT2D eigenvalue weighted by molar-refractivity contribution is -0.178. The minimum Gasteiger partial charge on any atom is -0.354 e. The van der Waals surface area contributed by atoms with E-state index in [0.717, 1.165) is 0 Å². The highest BCUT2D eigenvalue weighted by molar-refractivity contribution is 5.22. The fourth-order valence-electron chi connectivity index (χ4n) is 1.18. The van der Waals surface area contributed by atoms with Crippen LogP contribution in [0.5, 0.6) is 0 Å². The number of rotatable bonds is 4. The molecule has 0 N–H and O–H groups in total. The van der Waals surface area contributed by atoms with Gasteiger partial charge in [-0.2, -0.15) is 0 Å². The van der Waals surface area contributed by atoms with Gasteiger partial charge in [0, 0.05) is 14.2 Å². The van der Waals surface area contributed by atoms with Crippen molar-refractivity contribution in [2.45, 2.75) is 52.2 Å². The van der Waals surface area contributed by atoms with Gasteiger partial charge < -0.3 is 9.47 Å². The van der Waals surface area contributed by atoms with Gasteiger partial charge in [0.2, 0.25) is 0 Å². The molecule has 0 saturated carbocycles. The Morgan fingerprint density at radius 3 is 1.61 bits per heavy atom. The van der Waals surface area contributed by atoms with Crippen LogP contribution in [0.25, 0.3) is 0 Å². The number of ether oxygens (including phenoxy) is 2. The fraction of sp³-hybridized carbons (Fsp3) is 0.625. The Labute approximate surface area is 112 Å². The van der Waals surface area contributed by atoms with Crippen molar-refractivity contribution in [3.8, 4) is 0 Å². The van der Waals surface area contributed by atoms with Gasteiger partial charge in [-0.15, -0.1) is 0 Å². The van der Waals surface area contributed by atoms with Gasteiger partial charge in [0.05, 0.1) is 0 Å². The van der Waals surface area contributed by atoms with Crippen LogP contribution in [0.1, 0.15) is 46.6 Å². The van der Waals surface area contributed by atoms with Crippen molar-refractivity contribution in [1.82, 2.24) is 0 Å². The van der Waals surface area contributed by atoms with Crippen LogP contribution in [0.3, 0.4) is 0 Å². The van der Waals surface area contributed by atoms with Crippen molar-refractivity contribution < 1.29 is 9.47 Å². The summed E-state index contributed by atoms with van der Waals surface area (Å²) in [4.78, 5) is 0. The van der Waals surface area contributed by atoms with E-state index in [9.17, 15) is 0 Å². The summed E-state index contributed by atoms with van der Waals surface area (Å²) >= 11 is 0. The number of benzene rings is 1. The summed E-state index contributed by atoms with van der Waals surface area (Å²) < 4.78 is 9.73. The Kier molecular flexibility index (Phi) is 7.19. The minimum absolute atomic E-state index is 0.335. The van der Waals surface area contributed by atoms with Gasteiger partial charge in [-0.05, 0) is 31.2 Å². The van der Waals surface area contributed by atoms with Crippen molar-refractivity contribution in [2.75, 3.05) is 14.2 Å². The van der Waals surface area contributed by atoms with Crippen molar-refractivity contribution in [1.29, 1.82) is 0 Å². The third-order valence-corrected chi connectivity index (χ3v) is 3.42. The van der Waals surface area contributed by atoms with Crippen LogP contribution in [0.15, 0.2) is 30.3 Å². The molecule has 1 aromatic carbocycles. The molecule has 0 bridgehead atoms. The SMILES string of the molecule is CCC(C)(C)c1ccccc1.COC(C)(C)OC. The smallest absolute Gasteiger partial charge is 0.161 e. The average molecular weight is 252 g/mol. The first kappa shape index (κ1) is 17.1. The quantitative estimate of drug-likeness (QED) is 0.740. The van der Waals surface area contributed by atoms with Crippen molar-refractivity contribution >= 4 is 0 Å². The summed E-state index contributed by atoms with van der Waals surface area (Å²) in [5.74, 6) is -0.417. The first-order valence-corrected chi connectivity index (χ1v) is 6.45. The molecule has 0 aliphatic carbocycles. The maximum atomic E-state index is 4.86. The van der Waals surface area contributed by atoms with Gasteiger partial charge >= 0.3 is 0 Å². The predicted molar refractivity (Wildman–Crippen MR) is 77.9 cm³/mol. The van der Waals surface area contributed by atoms with Crippen LogP contribution in [-0.2, 0) is 14.9 Å². The second-order valence-electron chi connectivity index (χ2n) is 5.41. The molecule has 1 rings (SSSR count). The maximum absolute atomic E-state index is 4.86. The Hall–Kier alpha value is -0.860. The Bertz CT molecular complexity index is 309. The van der Waals surface area contributed by atoms with Crippen LogP contribution in [0.4, 0.5) is 0 Å². The highest BCUT2D eigenvalue weighted by Crippen LogP contribution is 2.25. The molecule has 0 unspecified atom stereocenters. The average Bonchev–Trinajstić information content (AvgIpc) is 2.40. The third-order valence-electron chi connectivity index (χ3n) is 3.42. The number of hydrogen-bond donors (Lipinski definition) is 0. The standard InChI is InChI=1S/C11H16.C5H12O2/c1-4-11(2,3)10-8-6-5-7-9-10;1-5(2,6-3)7-4/h5-9H,4H2,1-3H3;1-4H3. The maximum Gasteiger partial charge on any atom is 0.161 e. The highest BCUT2D eigenvalue weighted by atomic mass is 16.7. The first-order valence-electron chi connectivity index (χ1n) is 6.45. The summed E-state index contributed by atoms with van der Waals surface area (Å²) in [6.07, 6.45) is 1.19. The van der Waals surface area contributed by atoms with E-state index in [0.29, 0.717) is 5.41 Å². The van der Waals surface area contributed by atoms with Gasteiger partial charge in [0.1, 0.15) is 0 Å². The lowest BCUT2D eigenvalue weighted by atomic mass is 9.82. The summed E-state index contributed by atoms with van der Waals surface area (Å²) in [6.45, 7) is 10.5. The highest BCUT2D eigenvalue weighted by Gasteiger charge is 2.16. The van der Waals surface area contributed by atoms with Crippen LogP contribution < -0.4 is 0 Å². The molecule has 2 heteroatoms. The topological polar surface area (TPSA) is 18.5 Å². The lowest BCUT2D eigenvalue weighted by Crippen LogP contribution is -2.24. The van der Waals surface area contributed by atoms with Crippen molar-refractivity contribution in [3.05, 3.63) is 35.9 Å². The summed E-state index contributed by atoms with van der Waals surface area (Å²) in [6, 6.07) is 10.7. The van der Waals surface area contributed by atoms with Crippen LogP contribution in [0.2, 0.25) is 0 Å². The molecule has 0 aromatic heterocycles. The monoisotopic (exact) mass is 252 g/mol. The van der Waals surface area contributed by atoms with E-state index >= 15 is 0 Å². The van der Waals surface area contributed by atoms with Gasteiger partial charge in [0.25, 0.3) is 0 Å². The predicted octanol–water partition coefficient (Wildman–Crippen LogP) is 4.39. The number of methoxy groups -OCH3 is 2. The minimum atomic E-state index is -0.417. The van der Waals surface area contributed by atoms with Crippen molar-refractivity contribution in [3.63, 3.8) is 0 Å². The summed E-state index contributed by atoms with van der Waals surface area (Å²) in [5, 5.41) is 0. The van der Waals surface area contributed by atoms with E-state index in [1.807, 2.05) is 13.8 Å². The van der Waals surface area contributed by atoms with Crippen LogP contribution >= 0.6 is 0 Å². The molecule has 0 amide bonds. The molecule has 18 heavy (non-hydrogen) atoms. The summed E-state index contributed by atoms with van der Waals surface area (Å²) in [5.41, 5.74) is 1.77. The van der Waals surface area contributed by atoms with E-state index in [1.54, 1.807) is 14.2 Å². The van der Waals surface area contributed by atoms with Crippen molar-refractivity contribution in [2.24, 2.45) is 0 Å². The Morgan fingerprint density at radius 1 is 0.889 bits per heavy atom. The molecule has 0 aliphatic rings. The van der Waals surface area contributed by atoms with Gasteiger partial charge in [0.15, 0.2) is 5.79 Å². The van der Waals surface area contributed by atoms with E-state index in [-0.39, 0.29) is 0 Å². The molecule has 0 aliphatic heterocycles. The fourth-order valence-corrected chi connectivity index (χ4v) is 1.18. The molecule has 0 spiro atoms. The lowest BCUT2D eigenvalue weighted by Gasteiger charge is -2.22. The molecule has 2 nitrogen and oxygen atoms in total. The normalized spacial score (nSPS) is 11.7. The second-order valence-corrected chi connectivity index (χ2v) is 5.41. The first-order chi connectivity index (χ1) is 8.29. The van der Waals surface area contributed by atoms with Gasteiger partial charge in [-0.1, -0.05) is 51.1 Å². The third kappa shape index (κ3) is 6.18. The van der Waals surface area contributed by atoms with Crippen LogP contribution in [-0.4, -0.2) is 20.0 Å². The molecule has 0 fully saturated rings. The molecule has 0 heterocycles. The Balaban J connectivity index is 0.000000360. The summed E-state index contributed by atoms with van der Waals surface area (Å²) in [7, 11) is 3.23. The second kappa shape index (κ2) is 7.55.